The number of para-hydroxylation sites is 1. The van der Waals surface area contributed by atoms with E-state index in [0.717, 1.165) is 22.4 Å². The smallest absolute Gasteiger partial charge is 0.332 e. The standard InChI is InChI=1S/C29H29N5O2/c1-20(2)18-33-27-25(28(35)32(3)29(33)36)26(30-24-12-8-5-9-13-24)34(31-27)19-21-14-16-23(17-15-21)22-10-6-4-7-11-22/h4-17,20,30H,18-19H2,1-3H3. The number of fused-ring (bicyclic) bond motifs is 1. The van der Waals surface area contributed by atoms with E-state index in [1.807, 2.05) is 62.4 Å². The Bertz CT molecular complexity index is 1610. The van der Waals surface area contributed by atoms with Gasteiger partial charge >= 0.3 is 5.69 Å². The minimum atomic E-state index is -0.362. The molecule has 2 heterocycles. The van der Waals surface area contributed by atoms with Gasteiger partial charge in [0.25, 0.3) is 5.56 Å². The first-order valence-electron chi connectivity index (χ1n) is 12.1. The Labute approximate surface area is 209 Å². The van der Waals surface area contributed by atoms with Crippen LogP contribution < -0.4 is 16.6 Å². The van der Waals surface area contributed by atoms with Gasteiger partial charge in [-0.3, -0.25) is 13.9 Å². The fourth-order valence-electron chi connectivity index (χ4n) is 4.40. The van der Waals surface area contributed by atoms with Crippen LogP contribution in [0.15, 0.2) is 94.5 Å². The summed E-state index contributed by atoms with van der Waals surface area (Å²) in [7, 11) is 1.52. The molecule has 36 heavy (non-hydrogen) atoms. The predicted molar refractivity (Wildman–Crippen MR) is 145 cm³/mol. The number of rotatable bonds is 7. The SMILES string of the molecule is CC(C)Cn1c(=O)n(C)c(=O)c2c(Nc3ccccc3)n(Cc3ccc(-c4ccccc4)cc3)nc21. The first-order chi connectivity index (χ1) is 17.4. The maximum atomic E-state index is 13.3. The monoisotopic (exact) mass is 479 g/mol. The van der Waals surface area contributed by atoms with Crippen LogP contribution in [-0.2, 0) is 20.1 Å². The van der Waals surface area contributed by atoms with Gasteiger partial charge in [0.2, 0.25) is 0 Å². The number of hydrogen-bond acceptors (Lipinski definition) is 4. The number of nitrogens with zero attached hydrogens (tertiary/aromatic N) is 4. The first kappa shape index (κ1) is 23.4. The van der Waals surface area contributed by atoms with Gasteiger partial charge in [-0.15, -0.1) is 0 Å². The van der Waals surface area contributed by atoms with E-state index in [-0.39, 0.29) is 17.2 Å². The van der Waals surface area contributed by atoms with Crippen molar-refractivity contribution >= 4 is 22.5 Å². The molecule has 2 aromatic heterocycles. The van der Waals surface area contributed by atoms with Crippen LogP contribution in [0.25, 0.3) is 22.2 Å². The molecule has 0 spiro atoms. The van der Waals surface area contributed by atoms with Crippen LogP contribution in [0.1, 0.15) is 19.4 Å². The molecule has 3 aromatic carbocycles. The summed E-state index contributed by atoms with van der Waals surface area (Å²) in [6, 6.07) is 28.2. The molecule has 0 aliphatic rings. The van der Waals surface area contributed by atoms with Crippen molar-refractivity contribution in [3.63, 3.8) is 0 Å². The fraction of sp³-hybridized carbons (Fsp3) is 0.207. The summed E-state index contributed by atoms with van der Waals surface area (Å²) < 4.78 is 4.56. The Kier molecular flexibility index (Phi) is 6.29. The van der Waals surface area contributed by atoms with E-state index in [1.165, 1.54) is 11.6 Å². The fourth-order valence-corrected chi connectivity index (χ4v) is 4.40. The van der Waals surface area contributed by atoms with E-state index in [2.05, 4.69) is 41.7 Å². The molecule has 0 aliphatic carbocycles. The van der Waals surface area contributed by atoms with Gasteiger partial charge in [0, 0.05) is 19.3 Å². The molecule has 0 unspecified atom stereocenters. The topological polar surface area (TPSA) is 73.8 Å². The van der Waals surface area contributed by atoms with Crippen molar-refractivity contribution in [1.82, 2.24) is 18.9 Å². The van der Waals surface area contributed by atoms with Crippen LogP contribution in [0, 0.1) is 5.92 Å². The molecule has 0 saturated heterocycles. The van der Waals surface area contributed by atoms with Gasteiger partial charge in [-0.2, -0.15) is 5.10 Å². The lowest BCUT2D eigenvalue weighted by Gasteiger charge is -2.12. The first-order valence-corrected chi connectivity index (χ1v) is 12.1. The lowest BCUT2D eigenvalue weighted by atomic mass is 10.0. The Balaban J connectivity index is 1.64. The van der Waals surface area contributed by atoms with Gasteiger partial charge in [0.15, 0.2) is 5.65 Å². The summed E-state index contributed by atoms with van der Waals surface area (Å²) in [6.45, 7) is 4.99. The molecule has 5 aromatic rings. The number of anilines is 2. The van der Waals surface area contributed by atoms with Crippen molar-refractivity contribution in [3.8, 4) is 11.1 Å². The maximum Gasteiger partial charge on any atom is 0.332 e. The van der Waals surface area contributed by atoms with Crippen molar-refractivity contribution in [3.05, 3.63) is 111 Å². The maximum absolute atomic E-state index is 13.3. The summed E-state index contributed by atoms with van der Waals surface area (Å²) in [4.78, 5) is 26.3. The van der Waals surface area contributed by atoms with Crippen molar-refractivity contribution in [2.45, 2.75) is 26.9 Å². The van der Waals surface area contributed by atoms with E-state index < -0.39 is 0 Å². The molecule has 0 amide bonds. The zero-order chi connectivity index (χ0) is 25.2. The van der Waals surface area contributed by atoms with Gasteiger partial charge in [-0.1, -0.05) is 86.6 Å². The van der Waals surface area contributed by atoms with Crippen molar-refractivity contribution < 1.29 is 0 Å². The van der Waals surface area contributed by atoms with Gasteiger partial charge in [0.1, 0.15) is 11.2 Å². The lowest BCUT2D eigenvalue weighted by Crippen LogP contribution is -2.38. The molecule has 0 atom stereocenters. The Morgan fingerprint density at radius 2 is 1.44 bits per heavy atom. The normalized spacial score (nSPS) is 11.3. The molecule has 7 heteroatoms. The highest BCUT2D eigenvalue weighted by atomic mass is 16.2. The molecule has 5 rings (SSSR count). The van der Waals surface area contributed by atoms with Crippen LogP contribution >= 0.6 is 0 Å². The van der Waals surface area contributed by atoms with Crippen LogP contribution in [-0.4, -0.2) is 18.9 Å². The molecule has 0 saturated carbocycles. The molecule has 182 valence electrons. The predicted octanol–water partition coefficient (Wildman–Crippen LogP) is 5.01. The average Bonchev–Trinajstić information content (AvgIpc) is 3.24. The quantitative estimate of drug-likeness (QED) is 0.356. The van der Waals surface area contributed by atoms with Crippen LogP contribution in [0.5, 0.6) is 0 Å². The molecule has 0 aliphatic heterocycles. The minimum absolute atomic E-state index is 0.213. The summed E-state index contributed by atoms with van der Waals surface area (Å²) in [5.41, 5.74) is 3.84. The van der Waals surface area contributed by atoms with Crippen molar-refractivity contribution in [2.24, 2.45) is 13.0 Å². The van der Waals surface area contributed by atoms with E-state index >= 15 is 0 Å². The van der Waals surface area contributed by atoms with Crippen molar-refractivity contribution in [2.75, 3.05) is 5.32 Å². The Morgan fingerprint density at radius 1 is 0.833 bits per heavy atom. The third-order valence-corrected chi connectivity index (χ3v) is 6.20. The molecule has 0 fully saturated rings. The van der Waals surface area contributed by atoms with Gasteiger partial charge in [-0.05, 0) is 34.7 Å². The summed E-state index contributed by atoms with van der Waals surface area (Å²) >= 11 is 0. The second-order valence-electron chi connectivity index (χ2n) is 9.41. The Hall–Kier alpha value is -4.39. The third kappa shape index (κ3) is 4.47. The number of nitrogens with one attached hydrogen (secondary N) is 1. The van der Waals surface area contributed by atoms with Gasteiger partial charge in [0.05, 0.1) is 6.54 Å². The highest BCUT2D eigenvalue weighted by Crippen LogP contribution is 2.26. The largest absolute Gasteiger partial charge is 0.340 e. The number of aromatic nitrogens is 4. The van der Waals surface area contributed by atoms with E-state index in [0.29, 0.717) is 29.9 Å². The highest BCUT2D eigenvalue weighted by molar-refractivity contribution is 5.89. The van der Waals surface area contributed by atoms with Crippen LogP contribution in [0.3, 0.4) is 0 Å². The number of benzene rings is 3. The molecule has 0 bridgehead atoms. The molecular weight excluding hydrogens is 450 g/mol. The third-order valence-electron chi connectivity index (χ3n) is 6.20. The summed E-state index contributed by atoms with van der Waals surface area (Å²) in [5.74, 6) is 0.783. The number of hydrogen-bond donors (Lipinski definition) is 1. The van der Waals surface area contributed by atoms with E-state index in [4.69, 9.17) is 5.10 Å². The molecule has 7 nitrogen and oxygen atoms in total. The molecule has 1 N–H and O–H groups in total. The van der Waals surface area contributed by atoms with Crippen molar-refractivity contribution in [1.29, 1.82) is 0 Å². The second-order valence-corrected chi connectivity index (χ2v) is 9.41. The zero-order valence-electron chi connectivity index (χ0n) is 20.7. The van der Waals surface area contributed by atoms with E-state index in [1.54, 1.807) is 9.25 Å². The van der Waals surface area contributed by atoms with Crippen LogP contribution in [0.4, 0.5) is 11.5 Å². The Morgan fingerprint density at radius 3 is 2.08 bits per heavy atom. The average molecular weight is 480 g/mol. The summed E-state index contributed by atoms with van der Waals surface area (Å²) in [6.07, 6.45) is 0. The zero-order valence-corrected chi connectivity index (χ0v) is 20.7. The van der Waals surface area contributed by atoms with E-state index in [9.17, 15) is 9.59 Å². The second kappa shape index (κ2) is 9.70. The lowest BCUT2D eigenvalue weighted by molar-refractivity contribution is 0.498. The minimum Gasteiger partial charge on any atom is -0.340 e. The van der Waals surface area contributed by atoms with Gasteiger partial charge < -0.3 is 5.32 Å². The van der Waals surface area contributed by atoms with Crippen LogP contribution in [0.2, 0.25) is 0 Å². The highest BCUT2D eigenvalue weighted by Gasteiger charge is 2.22. The molecular formula is C29H29N5O2. The van der Waals surface area contributed by atoms with Gasteiger partial charge in [-0.25, -0.2) is 9.48 Å². The summed E-state index contributed by atoms with van der Waals surface area (Å²) in [5, 5.41) is 8.60. The molecule has 0 radical (unpaired) electrons.